The Morgan fingerprint density at radius 1 is 1.41 bits per heavy atom. The summed E-state index contributed by atoms with van der Waals surface area (Å²) in [5.41, 5.74) is 0. The van der Waals surface area contributed by atoms with E-state index in [0.29, 0.717) is 6.04 Å². The molecule has 0 aliphatic carbocycles. The Balaban J connectivity index is 1.71. The summed E-state index contributed by atoms with van der Waals surface area (Å²) in [4.78, 5) is 8.48. The van der Waals surface area contributed by atoms with E-state index in [9.17, 15) is 0 Å². The lowest BCUT2D eigenvalue weighted by Gasteiger charge is -2.14. The van der Waals surface area contributed by atoms with Crippen molar-refractivity contribution in [3.05, 3.63) is 34.8 Å². The average molecular weight is 250 g/mol. The second-order valence-electron chi connectivity index (χ2n) is 4.16. The molecule has 0 saturated heterocycles. The van der Waals surface area contributed by atoms with Gasteiger partial charge in [-0.05, 0) is 13.8 Å². The van der Waals surface area contributed by atoms with Crippen LogP contribution in [0.25, 0.3) is 0 Å². The number of aromatic nitrogens is 3. The van der Waals surface area contributed by atoms with Crippen molar-refractivity contribution in [3.63, 3.8) is 0 Å². The fraction of sp³-hybridized carbons (Fsp3) is 0.500. The standard InChI is InChI=1S/C12H18N4S/c1-10(9-16-7-5-14-11(16)2)13-4-3-12-15-6-8-17-12/h5-8,10,13H,3-4,9H2,1-2H3/t10-/m1/s1. The molecule has 0 unspecified atom stereocenters. The van der Waals surface area contributed by atoms with Crippen LogP contribution in [0.2, 0.25) is 0 Å². The Hall–Kier alpha value is -1.20. The molecule has 0 fully saturated rings. The highest BCUT2D eigenvalue weighted by Crippen LogP contribution is 2.04. The van der Waals surface area contributed by atoms with E-state index in [1.807, 2.05) is 30.9 Å². The zero-order valence-electron chi connectivity index (χ0n) is 10.3. The molecule has 0 spiro atoms. The Labute approximate surface area is 106 Å². The van der Waals surface area contributed by atoms with Crippen LogP contribution < -0.4 is 5.32 Å². The second-order valence-corrected chi connectivity index (χ2v) is 5.14. The van der Waals surface area contributed by atoms with Gasteiger partial charge >= 0.3 is 0 Å². The first-order chi connectivity index (χ1) is 8.25. The molecule has 1 atom stereocenters. The summed E-state index contributed by atoms with van der Waals surface area (Å²) in [5.74, 6) is 1.07. The summed E-state index contributed by atoms with van der Waals surface area (Å²) in [6.45, 7) is 6.16. The van der Waals surface area contributed by atoms with E-state index in [1.54, 1.807) is 11.3 Å². The zero-order chi connectivity index (χ0) is 12.1. The monoisotopic (exact) mass is 250 g/mol. The molecule has 1 N–H and O–H groups in total. The van der Waals surface area contributed by atoms with Gasteiger partial charge in [-0.2, -0.15) is 0 Å². The van der Waals surface area contributed by atoms with Crippen LogP contribution in [-0.2, 0) is 13.0 Å². The quantitative estimate of drug-likeness (QED) is 0.851. The highest BCUT2D eigenvalue weighted by molar-refractivity contribution is 7.09. The molecule has 0 aliphatic heterocycles. The normalized spacial score (nSPS) is 12.8. The molecule has 2 aromatic rings. The van der Waals surface area contributed by atoms with E-state index in [4.69, 9.17) is 0 Å². The van der Waals surface area contributed by atoms with Crippen LogP contribution in [0.4, 0.5) is 0 Å². The van der Waals surface area contributed by atoms with Crippen LogP contribution in [0.1, 0.15) is 17.8 Å². The number of nitrogens with zero attached hydrogens (tertiary/aromatic N) is 3. The summed E-state index contributed by atoms with van der Waals surface area (Å²) >= 11 is 1.72. The molecule has 0 amide bonds. The SMILES string of the molecule is Cc1nccn1C[C@@H](C)NCCc1nccs1. The number of rotatable bonds is 6. The van der Waals surface area contributed by atoms with Crippen molar-refractivity contribution in [3.8, 4) is 0 Å². The molecular weight excluding hydrogens is 232 g/mol. The molecule has 0 radical (unpaired) electrons. The minimum Gasteiger partial charge on any atom is -0.334 e. The third-order valence-electron chi connectivity index (χ3n) is 2.71. The summed E-state index contributed by atoms with van der Waals surface area (Å²) in [7, 11) is 0. The predicted octanol–water partition coefficient (Wildman–Crippen LogP) is 1.87. The van der Waals surface area contributed by atoms with Crippen molar-refractivity contribution >= 4 is 11.3 Å². The maximum absolute atomic E-state index is 4.27. The molecule has 2 aromatic heterocycles. The van der Waals surface area contributed by atoms with Crippen LogP contribution in [0.15, 0.2) is 24.0 Å². The summed E-state index contributed by atoms with van der Waals surface area (Å²) in [6, 6.07) is 0.447. The van der Waals surface area contributed by atoms with Gasteiger partial charge in [0.1, 0.15) is 5.82 Å². The first kappa shape index (κ1) is 12.3. The van der Waals surface area contributed by atoms with Gasteiger partial charge in [-0.1, -0.05) is 0 Å². The number of imidazole rings is 1. The van der Waals surface area contributed by atoms with Crippen LogP contribution in [0, 0.1) is 6.92 Å². The summed E-state index contributed by atoms with van der Waals surface area (Å²) < 4.78 is 2.17. The summed E-state index contributed by atoms with van der Waals surface area (Å²) in [6.07, 6.45) is 6.73. The molecule has 2 rings (SSSR count). The number of hydrogen-bond acceptors (Lipinski definition) is 4. The lowest BCUT2D eigenvalue weighted by atomic mass is 10.3. The van der Waals surface area contributed by atoms with E-state index >= 15 is 0 Å². The van der Waals surface area contributed by atoms with Gasteiger partial charge < -0.3 is 9.88 Å². The van der Waals surface area contributed by atoms with E-state index in [1.165, 1.54) is 5.01 Å². The van der Waals surface area contributed by atoms with Gasteiger partial charge in [0.05, 0.1) is 5.01 Å². The molecule has 2 heterocycles. The molecule has 17 heavy (non-hydrogen) atoms. The first-order valence-electron chi connectivity index (χ1n) is 5.85. The van der Waals surface area contributed by atoms with Crippen LogP contribution in [0.3, 0.4) is 0 Å². The van der Waals surface area contributed by atoms with E-state index in [-0.39, 0.29) is 0 Å². The highest BCUT2D eigenvalue weighted by Gasteiger charge is 2.04. The van der Waals surface area contributed by atoms with E-state index < -0.39 is 0 Å². The van der Waals surface area contributed by atoms with Gasteiger partial charge in [-0.15, -0.1) is 11.3 Å². The number of hydrogen-bond donors (Lipinski definition) is 1. The van der Waals surface area contributed by atoms with Crippen molar-refractivity contribution in [1.29, 1.82) is 0 Å². The fourth-order valence-corrected chi connectivity index (χ4v) is 2.38. The minimum atomic E-state index is 0.447. The van der Waals surface area contributed by atoms with Crippen molar-refractivity contribution in [2.75, 3.05) is 6.54 Å². The largest absolute Gasteiger partial charge is 0.334 e. The zero-order valence-corrected chi connectivity index (χ0v) is 11.1. The van der Waals surface area contributed by atoms with Gasteiger partial charge in [0.15, 0.2) is 0 Å². The molecule has 5 heteroatoms. The van der Waals surface area contributed by atoms with Crippen LogP contribution in [-0.4, -0.2) is 27.1 Å². The van der Waals surface area contributed by atoms with Crippen molar-refractivity contribution in [2.45, 2.75) is 32.9 Å². The number of nitrogens with one attached hydrogen (secondary N) is 1. The van der Waals surface area contributed by atoms with Gasteiger partial charge in [0.2, 0.25) is 0 Å². The number of thiazole rings is 1. The average Bonchev–Trinajstić information content (AvgIpc) is 2.92. The molecular formula is C12H18N4S. The van der Waals surface area contributed by atoms with Gasteiger partial charge in [-0.3, -0.25) is 0 Å². The lowest BCUT2D eigenvalue weighted by Crippen LogP contribution is -2.32. The van der Waals surface area contributed by atoms with Gasteiger partial charge in [0.25, 0.3) is 0 Å². The second kappa shape index (κ2) is 5.93. The highest BCUT2D eigenvalue weighted by atomic mass is 32.1. The maximum atomic E-state index is 4.27. The lowest BCUT2D eigenvalue weighted by molar-refractivity contribution is 0.474. The van der Waals surface area contributed by atoms with Crippen molar-refractivity contribution in [1.82, 2.24) is 19.9 Å². The Morgan fingerprint density at radius 2 is 2.29 bits per heavy atom. The van der Waals surface area contributed by atoms with Crippen LogP contribution in [0.5, 0.6) is 0 Å². The van der Waals surface area contributed by atoms with Crippen molar-refractivity contribution < 1.29 is 0 Å². The smallest absolute Gasteiger partial charge is 0.105 e. The third-order valence-corrected chi connectivity index (χ3v) is 3.55. The fourth-order valence-electron chi connectivity index (χ4n) is 1.76. The first-order valence-corrected chi connectivity index (χ1v) is 6.73. The Bertz CT molecular complexity index is 435. The van der Waals surface area contributed by atoms with Crippen molar-refractivity contribution in [2.24, 2.45) is 0 Å². The van der Waals surface area contributed by atoms with E-state index in [2.05, 4.69) is 26.8 Å². The third kappa shape index (κ3) is 3.64. The minimum absolute atomic E-state index is 0.447. The van der Waals surface area contributed by atoms with Crippen LogP contribution >= 0.6 is 11.3 Å². The summed E-state index contributed by atoms with van der Waals surface area (Å²) in [5, 5.41) is 6.72. The molecule has 0 saturated carbocycles. The number of aryl methyl sites for hydroxylation is 1. The molecule has 0 aromatic carbocycles. The molecule has 0 aliphatic rings. The van der Waals surface area contributed by atoms with Gasteiger partial charge in [-0.25, -0.2) is 9.97 Å². The Kier molecular flexibility index (Phi) is 4.28. The molecule has 0 bridgehead atoms. The Morgan fingerprint density at radius 3 is 2.94 bits per heavy atom. The molecule has 92 valence electrons. The van der Waals surface area contributed by atoms with Gasteiger partial charge in [0, 0.05) is 49.5 Å². The van der Waals surface area contributed by atoms with E-state index in [0.717, 1.165) is 25.3 Å². The maximum Gasteiger partial charge on any atom is 0.105 e. The topological polar surface area (TPSA) is 42.7 Å². The molecule has 4 nitrogen and oxygen atoms in total. The predicted molar refractivity (Wildman–Crippen MR) is 70.2 cm³/mol.